The number of benzene rings is 2. The van der Waals surface area contributed by atoms with Gasteiger partial charge in [-0.05, 0) is 93.6 Å². The SMILES string of the molecule is CCOc1ccccc1CCCNC(=S)Nc1ccc(OC2CCCC2)cc1. The maximum atomic E-state index is 6.00. The van der Waals surface area contributed by atoms with Crippen LogP contribution in [0.1, 0.15) is 44.6 Å². The van der Waals surface area contributed by atoms with Gasteiger partial charge in [0.05, 0.1) is 12.7 Å². The predicted octanol–water partition coefficient (Wildman–Crippen LogP) is 5.33. The largest absolute Gasteiger partial charge is 0.494 e. The Bertz CT molecular complexity index is 743. The zero-order valence-electron chi connectivity index (χ0n) is 16.6. The van der Waals surface area contributed by atoms with Crippen molar-refractivity contribution >= 4 is 23.0 Å². The number of ether oxygens (including phenoxy) is 2. The topological polar surface area (TPSA) is 42.5 Å². The molecule has 0 radical (unpaired) electrons. The summed E-state index contributed by atoms with van der Waals surface area (Å²) in [6.45, 7) is 3.51. The number of hydrogen-bond acceptors (Lipinski definition) is 3. The molecule has 1 aliphatic carbocycles. The predicted molar refractivity (Wildman–Crippen MR) is 119 cm³/mol. The van der Waals surface area contributed by atoms with Gasteiger partial charge in [0.15, 0.2) is 5.11 Å². The Morgan fingerprint density at radius 3 is 2.57 bits per heavy atom. The van der Waals surface area contributed by atoms with Gasteiger partial charge in [-0.15, -0.1) is 0 Å². The van der Waals surface area contributed by atoms with Crippen LogP contribution in [0, 0.1) is 0 Å². The van der Waals surface area contributed by atoms with E-state index in [-0.39, 0.29) is 0 Å². The normalized spacial score (nSPS) is 13.9. The molecule has 4 nitrogen and oxygen atoms in total. The maximum Gasteiger partial charge on any atom is 0.170 e. The smallest absolute Gasteiger partial charge is 0.170 e. The van der Waals surface area contributed by atoms with Crippen LogP contribution in [0.4, 0.5) is 5.69 Å². The molecule has 1 aliphatic rings. The number of aryl methyl sites for hydroxylation is 1. The monoisotopic (exact) mass is 398 g/mol. The van der Waals surface area contributed by atoms with E-state index in [2.05, 4.69) is 22.8 Å². The van der Waals surface area contributed by atoms with E-state index < -0.39 is 0 Å². The highest BCUT2D eigenvalue weighted by molar-refractivity contribution is 7.80. The molecule has 0 bridgehead atoms. The zero-order chi connectivity index (χ0) is 19.6. The molecular weight excluding hydrogens is 368 g/mol. The molecule has 0 heterocycles. The molecule has 0 aliphatic heterocycles. The molecular formula is C23H30N2O2S. The Balaban J connectivity index is 1.37. The molecule has 0 spiro atoms. The molecule has 1 saturated carbocycles. The number of anilines is 1. The van der Waals surface area contributed by atoms with Gasteiger partial charge in [-0.3, -0.25) is 0 Å². The van der Waals surface area contributed by atoms with E-state index in [0.717, 1.165) is 36.6 Å². The summed E-state index contributed by atoms with van der Waals surface area (Å²) in [6, 6.07) is 16.2. The van der Waals surface area contributed by atoms with Crippen LogP contribution in [0.2, 0.25) is 0 Å². The van der Waals surface area contributed by atoms with Crippen molar-refractivity contribution in [2.45, 2.75) is 51.6 Å². The lowest BCUT2D eigenvalue weighted by atomic mass is 10.1. The van der Waals surface area contributed by atoms with Gasteiger partial charge in [0.25, 0.3) is 0 Å². The summed E-state index contributed by atoms with van der Waals surface area (Å²) < 4.78 is 11.7. The van der Waals surface area contributed by atoms with Crippen molar-refractivity contribution in [1.29, 1.82) is 0 Å². The summed E-state index contributed by atoms with van der Waals surface area (Å²) >= 11 is 5.40. The Kier molecular flexibility index (Phi) is 7.97. The van der Waals surface area contributed by atoms with Crippen molar-refractivity contribution in [3.63, 3.8) is 0 Å². The van der Waals surface area contributed by atoms with E-state index in [1.807, 2.05) is 43.3 Å². The first kappa shape index (κ1) is 20.5. The Labute approximate surface area is 173 Å². The van der Waals surface area contributed by atoms with Crippen molar-refractivity contribution in [2.75, 3.05) is 18.5 Å². The van der Waals surface area contributed by atoms with Crippen molar-refractivity contribution in [1.82, 2.24) is 5.32 Å². The summed E-state index contributed by atoms with van der Waals surface area (Å²) in [6.07, 6.45) is 7.23. The van der Waals surface area contributed by atoms with E-state index in [0.29, 0.717) is 17.8 Å². The van der Waals surface area contributed by atoms with Crippen LogP contribution >= 0.6 is 12.2 Å². The van der Waals surface area contributed by atoms with Crippen molar-refractivity contribution in [3.05, 3.63) is 54.1 Å². The molecule has 0 aromatic heterocycles. The first-order valence-electron chi connectivity index (χ1n) is 10.3. The van der Waals surface area contributed by atoms with Gasteiger partial charge in [-0.1, -0.05) is 18.2 Å². The van der Waals surface area contributed by atoms with Crippen LogP contribution in [0.5, 0.6) is 11.5 Å². The summed E-state index contributed by atoms with van der Waals surface area (Å²) in [5.41, 5.74) is 2.21. The lowest BCUT2D eigenvalue weighted by molar-refractivity contribution is 0.210. The van der Waals surface area contributed by atoms with Gasteiger partial charge in [0, 0.05) is 12.2 Å². The third-order valence-corrected chi connectivity index (χ3v) is 5.14. The van der Waals surface area contributed by atoms with Crippen LogP contribution in [-0.4, -0.2) is 24.4 Å². The molecule has 0 saturated heterocycles. The fourth-order valence-electron chi connectivity index (χ4n) is 3.48. The second-order valence-electron chi connectivity index (χ2n) is 7.07. The fourth-order valence-corrected chi connectivity index (χ4v) is 3.70. The number of hydrogen-bond donors (Lipinski definition) is 2. The molecule has 1 fully saturated rings. The van der Waals surface area contributed by atoms with Gasteiger partial charge in [-0.25, -0.2) is 0 Å². The molecule has 150 valence electrons. The van der Waals surface area contributed by atoms with Crippen LogP contribution in [0.3, 0.4) is 0 Å². The highest BCUT2D eigenvalue weighted by Crippen LogP contribution is 2.25. The Morgan fingerprint density at radius 1 is 1.07 bits per heavy atom. The first-order valence-corrected chi connectivity index (χ1v) is 10.7. The van der Waals surface area contributed by atoms with E-state index in [4.69, 9.17) is 21.7 Å². The van der Waals surface area contributed by atoms with Crippen LogP contribution in [-0.2, 0) is 6.42 Å². The lowest BCUT2D eigenvalue weighted by Gasteiger charge is -2.14. The highest BCUT2D eigenvalue weighted by Gasteiger charge is 2.16. The van der Waals surface area contributed by atoms with Crippen molar-refractivity contribution in [3.8, 4) is 11.5 Å². The lowest BCUT2D eigenvalue weighted by Crippen LogP contribution is -2.29. The van der Waals surface area contributed by atoms with Gasteiger partial charge >= 0.3 is 0 Å². The number of nitrogens with one attached hydrogen (secondary N) is 2. The Hall–Kier alpha value is -2.27. The minimum Gasteiger partial charge on any atom is -0.494 e. The molecule has 3 rings (SSSR count). The maximum absolute atomic E-state index is 6.00. The second kappa shape index (κ2) is 10.9. The third kappa shape index (κ3) is 6.41. The van der Waals surface area contributed by atoms with E-state index in [1.54, 1.807) is 0 Å². The highest BCUT2D eigenvalue weighted by atomic mass is 32.1. The summed E-state index contributed by atoms with van der Waals surface area (Å²) in [5.74, 6) is 1.91. The average Bonchev–Trinajstić information content (AvgIpc) is 3.21. The zero-order valence-corrected chi connectivity index (χ0v) is 17.4. The average molecular weight is 399 g/mol. The molecule has 2 aromatic rings. The molecule has 0 amide bonds. The molecule has 0 atom stereocenters. The van der Waals surface area contributed by atoms with Gasteiger partial charge in [-0.2, -0.15) is 0 Å². The van der Waals surface area contributed by atoms with Crippen LogP contribution in [0.15, 0.2) is 48.5 Å². The molecule has 28 heavy (non-hydrogen) atoms. The molecule has 2 N–H and O–H groups in total. The second-order valence-corrected chi connectivity index (χ2v) is 7.48. The molecule has 2 aromatic carbocycles. The quantitative estimate of drug-likeness (QED) is 0.442. The minimum absolute atomic E-state index is 0.384. The molecule has 5 heteroatoms. The summed E-state index contributed by atoms with van der Waals surface area (Å²) in [4.78, 5) is 0. The van der Waals surface area contributed by atoms with Crippen molar-refractivity contribution in [2.24, 2.45) is 0 Å². The molecule has 0 unspecified atom stereocenters. The van der Waals surface area contributed by atoms with Gasteiger partial charge in [0.2, 0.25) is 0 Å². The number of rotatable bonds is 9. The van der Waals surface area contributed by atoms with E-state index in [9.17, 15) is 0 Å². The van der Waals surface area contributed by atoms with Gasteiger partial charge in [0.1, 0.15) is 11.5 Å². The fraction of sp³-hybridized carbons (Fsp3) is 0.435. The van der Waals surface area contributed by atoms with Crippen molar-refractivity contribution < 1.29 is 9.47 Å². The Morgan fingerprint density at radius 2 is 1.82 bits per heavy atom. The number of para-hydroxylation sites is 1. The first-order chi connectivity index (χ1) is 13.7. The van der Waals surface area contributed by atoms with Crippen LogP contribution in [0.25, 0.3) is 0 Å². The number of thiocarbonyl (C=S) groups is 1. The van der Waals surface area contributed by atoms with E-state index >= 15 is 0 Å². The van der Waals surface area contributed by atoms with E-state index in [1.165, 1.54) is 31.2 Å². The standard InChI is InChI=1S/C23H30N2O2S/c1-2-26-22-12-6-3-8-18(22)9-7-17-24-23(28)25-19-13-15-21(16-14-19)27-20-10-4-5-11-20/h3,6,8,12-16,20H,2,4-5,7,9-11,17H2,1H3,(H2,24,25,28). The minimum atomic E-state index is 0.384. The van der Waals surface area contributed by atoms with Crippen LogP contribution < -0.4 is 20.1 Å². The summed E-state index contributed by atoms with van der Waals surface area (Å²) in [7, 11) is 0. The summed E-state index contributed by atoms with van der Waals surface area (Å²) in [5, 5.41) is 7.15. The third-order valence-electron chi connectivity index (χ3n) is 4.90. The van der Waals surface area contributed by atoms with Gasteiger partial charge < -0.3 is 20.1 Å².